The van der Waals surface area contributed by atoms with Gasteiger partial charge in [0.15, 0.2) is 0 Å². The van der Waals surface area contributed by atoms with Crippen LogP contribution in [0.5, 0.6) is 0 Å². The lowest BCUT2D eigenvalue weighted by molar-refractivity contribution is -0.132. The van der Waals surface area contributed by atoms with Crippen LogP contribution < -0.4 is 16.4 Å². The molecule has 6 nitrogen and oxygen atoms in total. The second kappa shape index (κ2) is 7.19. The Kier molecular flexibility index (Phi) is 5.30. The van der Waals surface area contributed by atoms with Gasteiger partial charge in [0, 0.05) is 25.7 Å². The minimum absolute atomic E-state index is 0.00686. The van der Waals surface area contributed by atoms with Crippen molar-refractivity contribution in [3.63, 3.8) is 0 Å². The van der Waals surface area contributed by atoms with E-state index in [9.17, 15) is 9.59 Å². The molecule has 2 amide bonds. The maximum atomic E-state index is 12.0. The summed E-state index contributed by atoms with van der Waals surface area (Å²) in [6, 6.07) is 7.11. The zero-order chi connectivity index (χ0) is 15.2. The fourth-order valence-electron chi connectivity index (χ4n) is 2.29. The minimum atomic E-state index is -0.399. The predicted molar refractivity (Wildman–Crippen MR) is 78.6 cm³/mol. The van der Waals surface area contributed by atoms with Crippen LogP contribution in [0.1, 0.15) is 28.8 Å². The smallest absolute Gasteiger partial charge is 0.251 e. The highest BCUT2D eigenvalue weighted by atomic mass is 16.5. The van der Waals surface area contributed by atoms with Gasteiger partial charge >= 0.3 is 0 Å². The molecule has 0 unspecified atom stereocenters. The lowest BCUT2D eigenvalue weighted by Gasteiger charge is -2.12. The van der Waals surface area contributed by atoms with E-state index in [2.05, 4.69) is 10.6 Å². The van der Waals surface area contributed by atoms with Gasteiger partial charge in [-0.15, -0.1) is 0 Å². The Labute approximate surface area is 124 Å². The number of hydrogen-bond donors (Lipinski definition) is 3. The first-order chi connectivity index (χ1) is 10.1. The maximum Gasteiger partial charge on any atom is 0.251 e. The number of carbonyl (C=O) groups excluding carboxylic acids is 2. The summed E-state index contributed by atoms with van der Waals surface area (Å²) in [6.45, 7) is 0.866. The van der Waals surface area contributed by atoms with Gasteiger partial charge in [0.1, 0.15) is 6.10 Å². The topological polar surface area (TPSA) is 93.5 Å². The van der Waals surface area contributed by atoms with E-state index in [0.29, 0.717) is 25.1 Å². The molecule has 1 aromatic carbocycles. The van der Waals surface area contributed by atoms with Crippen LogP contribution in [0.25, 0.3) is 0 Å². The molecular formula is C15H21N3O3. The van der Waals surface area contributed by atoms with Gasteiger partial charge in [0.2, 0.25) is 5.91 Å². The number of nitrogens with one attached hydrogen (secondary N) is 2. The second-order valence-electron chi connectivity index (χ2n) is 5.05. The summed E-state index contributed by atoms with van der Waals surface area (Å²) in [5.74, 6) is -0.237. The molecule has 4 N–H and O–H groups in total. The van der Waals surface area contributed by atoms with Crippen molar-refractivity contribution in [2.24, 2.45) is 5.73 Å². The van der Waals surface area contributed by atoms with Crippen molar-refractivity contribution < 1.29 is 14.3 Å². The molecule has 1 heterocycles. The molecular weight excluding hydrogens is 270 g/mol. The molecule has 0 bridgehead atoms. The first-order valence-corrected chi connectivity index (χ1v) is 7.08. The lowest BCUT2D eigenvalue weighted by atomic mass is 10.1. The number of amides is 2. The molecule has 1 saturated heterocycles. The van der Waals surface area contributed by atoms with Gasteiger partial charge in [0.05, 0.1) is 6.10 Å². The maximum absolute atomic E-state index is 12.0. The lowest BCUT2D eigenvalue weighted by Crippen LogP contribution is -2.35. The fourth-order valence-corrected chi connectivity index (χ4v) is 2.29. The van der Waals surface area contributed by atoms with Crippen LogP contribution in [0.15, 0.2) is 24.3 Å². The van der Waals surface area contributed by atoms with Crippen molar-refractivity contribution in [1.29, 1.82) is 0 Å². The number of nitrogens with two attached hydrogens (primary N) is 1. The normalized spacial score (nSPS) is 21.0. The Balaban J connectivity index is 1.83. The van der Waals surface area contributed by atoms with Gasteiger partial charge < -0.3 is 21.1 Å². The molecule has 1 fully saturated rings. The van der Waals surface area contributed by atoms with Crippen LogP contribution in [-0.4, -0.2) is 37.6 Å². The number of benzene rings is 1. The van der Waals surface area contributed by atoms with Crippen molar-refractivity contribution in [1.82, 2.24) is 10.6 Å². The average Bonchev–Trinajstić information content (AvgIpc) is 3.01. The Morgan fingerprint density at radius 2 is 2.00 bits per heavy atom. The summed E-state index contributed by atoms with van der Waals surface area (Å²) in [5, 5.41) is 5.41. The molecule has 1 aromatic rings. The summed E-state index contributed by atoms with van der Waals surface area (Å²) < 4.78 is 5.54. The third-order valence-electron chi connectivity index (χ3n) is 3.57. The monoisotopic (exact) mass is 291 g/mol. The van der Waals surface area contributed by atoms with Crippen LogP contribution in [0.4, 0.5) is 0 Å². The number of carbonyl (C=O) groups is 2. The SMILES string of the molecule is CNC(=O)c1ccc(CNC(=O)[C@@H]2CC[C@H](CN)O2)cc1. The summed E-state index contributed by atoms with van der Waals surface area (Å²) in [5.41, 5.74) is 7.05. The zero-order valence-corrected chi connectivity index (χ0v) is 12.1. The molecule has 0 spiro atoms. The van der Waals surface area contributed by atoms with E-state index in [-0.39, 0.29) is 17.9 Å². The number of ether oxygens (including phenoxy) is 1. The van der Waals surface area contributed by atoms with Gasteiger partial charge in [0.25, 0.3) is 5.91 Å². The van der Waals surface area contributed by atoms with Gasteiger partial charge in [-0.1, -0.05) is 12.1 Å². The molecule has 0 saturated carbocycles. The Morgan fingerprint density at radius 1 is 1.29 bits per heavy atom. The molecule has 21 heavy (non-hydrogen) atoms. The molecule has 1 aliphatic rings. The Bertz CT molecular complexity index is 501. The van der Waals surface area contributed by atoms with E-state index in [1.165, 1.54) is 0 Å². The number of rotatable bonds is 5. The van der Waals surface area contributed by atoms with Crippen LogP contribution in [0.2, 0.25) is 0 Å². The van der Waals surface area contributed by atoms with E-state index in [1.807, 2.05) is 12.1 Å². The van der Waals surface area contributed by atoms with E-state index in [0.717, 1.165) is 12.0 Å². The summed E-state index contributed by atoms with van der Waals surface area (Å²) in [6.07, 6.45) is 1.13. The highest BCUT2D eigenvalue weighted by Gasteiger charge is 2.29. The number of hydrogen-bond acceptors (Lipinski definition) is 4. The first kappa shape index (κ1) is 15.5. The summed E-state index contributed by atoms with van der Waals surface area (Å²) >= 11 is 0. The van der Waals surface area contributed by atoms with Gasteiger partial charge in [-0.2, -0.15) is 0 Å². The predicted octanol–water partition coefficient (Wildman–Crippen LogP) is 0.169. The minimum Gasteiger partial charge on any atom is -0.364 e. The van der Waals surface area contributed by atoms with E-state index in [4.69, 9.17) is 10.5 Å². The van der Waals surface area contributed by atoms with Crippen LogP contribution in [0, 0.1) is 0 Å². The van der Waals surface area contributed by atoms with Crippen molar-refractivity contribution in [3.8, 4) is 0 Å². The van der Waals surface area contributed by atoms with Crippen molar-refractivity contribution >= 4 is 11.8 Å². The second-order valence-corrected chi connectivity index (χ2v) is 5.05. The molecule has 0 aromatic heterocycles. The van der Waals surface area contributed by atoms with E-state index in [1.54, 1.807) is 19.2 Å². The van der Waals surface area contributed by atoms with Gasteiger partial charge in [-0.3, -0.25) is 9.59 Å². The largest absolute Gasteiger partial charge is 0.364 e. The Hall–Kier alpha value is -1.92. The van der Waals surface area contributed by atoms with E-state index >= 15 is 0 Å². The summed E-state index contributed by atoms with van der Waals surface area (Å²) in [4.78, 5) is 23.4. The molecule has 2 rings (SSSR count). The van der Waals surface area contributed by atoms with Gasteiger partial charge in [-0.25, -0.2) is 0 Å². The standard InChI is InChI=1S/C15H21N3O3/c1-17-14(19)11-4-2-10(3-5-11)9-18-15(20)13-7-6-12(8-16)21-13/h2-5,12-13H,6-9,16H2,1H3,(H,17,19)(H,18,20)/t12-,13+/m1/s1. The molecule has 2 atom stereocenters. The van der Waals surface area contributed by atoms with E-state index < -0.39 is 6.10 Å². The van der Waals surface area contributed by atoms with Crippen LogP contribution in [-0.2, 0) is 16.1 Å². The average molecular weight is 291 g/mol. The van der Waals surface area contributed by atoms with Crippen LogP contribution in [0.3, 0.4) is 0 Å². The third-order valence-corrected chi connectivity index (χ3v) is 3.57. The molecule has 0 radical (unpaired) electrons. The molecule has 6 heteroatoms. The first-order valence-electron chi connectivity index (χ1n) is 7.08. The Morgan fingerprint density at radius 3 is 2.57 bits per heavy atom. The zero-order valence-electron chi connectivity index (χ0n) is 12.1. The fraction of sp³-hybridized carbons (Fsp3) is 0.467. The van der Waals surface area contributed by atoms with Crippen molar-refractivity contribution in [3.05, 3.63) is 35.4 Å². The van der Waals surface area contributed by atoms with Crippen molar-refractivity contribution in [2.75, 3.05) is 13.6 Å². The van der Waals surface area contributed by atoms with Crippen LogP contribution >= 0.6 is 0 Å². The third kappa shape index (κ3) is 4.03. The molecule has 0 aliphatic carbocycles. The highest BCUT2D eigenvalue weighted by Crippen LogP contribution is 2.18. The van der Waals surface area contributed by atoms with Crippen molar-refractivity contribution in [2.45, 2.75) is 31.6 Å². The van der Waals surface area contributed by atoms with Gasteiger partial charge in [-0.05, 0) is 30.5 Å². The quantitative estimate of drug-likeness (QED) is 0.721. The molecule has 1 aliphatic heterocycles. The molecule has 114 valence electrons. The highest BCUT2D eigenvalue weighted by molar-refractivity contribution is 5.93. The summed E-state index contributed by atoms with van der Waals surface area (Å²) in [7, 11) is 1.59.